The molecule has 0 saturated heterocycles. The number of fused-ring (bicyclic) bond motifs is 2. The normalized spacial score (nSPS) is 11.8. The molecule has 0 aliphatic rings. The molecule has 0 aliphatic carbocycles. The maximum Gasteiger partial charge on any atom is 0.255 e. The molecular formula is C34H25F2N5O5S2. The number of thiazole rings is 1. The fourth-order valence-corrected chi connectivity index (χ4v) is 6.58. The summed E-state index contributed by atoms with van der Waals surface area (Å²) in [5, 5.41) is 5.12. The number of nitrogens with zero attached hydrogens (tertiary/aromatic N) is 3. The number of hydrogen-bond acceptors (Lipinski definition) is 9. The zero-order chi connectivity index (χ0) is 33.9. The first-order chi connectivity index (χ1) is 22.9. The number of rotatable bonds is 7. The lowest BCUT2D eigenvalue weighted by Crippen LogP contribution is -2.25. The van der Waals surface area contributed by atoms with Crippen molar-refractivity contribution in [3.8, 4) is 45.2 Å². The van der Waals surface area contributed by atoms with E-state index in [1.165, 1.54) is 67.9 Å². The quantitative estimate of drug-likeness (QED) is 0.178. The van der Waals surface area contributed by atoms with Crippen molar-refractivity contribution in [2.24, 2.45) is 0 Å². The number of nitrogens with two attached hydrogens (primary N) is 1. The summed E-state index contributed by atoms with van der Waals surface area (Å²) in [6, 6.07) is 18.3. The van der Waals surface area contributed by atoms with Crippen molar-refractivity contribution in [1.29, 1.82) is 0 Å². The van der Waals surface area contributed by atoms with Gasteiger partial charge in [-0.1, -0.05) is 18.2 Å². The Balaban J connectivity index is 1.52. The van der Waals surface area contributed by atoms with E-state index < -0.39 is 27.6 Å². The SMILES string of the molecule is CNC(=O)c1c(-c2ccc(F)cc2)oc2cc(N(C)S(C)(=O)=O)c(-c3ccc(-c4csc(N)n4)c(-c4nc5c(F)cccc5o4)c3)cc12. The van der Waals surface area contributed by atoms with E-state index in [9.17, 15) is 22.0 Å². The number of carbonyl (C=O) groups is 1. The Morgan fingerprint density at radius 1 is 0.917 bits per heavy atom. The number of sulfonamides is 1. The van der Waals surface area contributed by atoms with Gasteiger partial charge in [0.1, 0.15) is 22.7 Å². The number of hydrogen-bond donors (Lipinski definition) is 2. The third-order valence-corrected chi connectivity index (χ3v) is 9.80. The van der Waals surface area contributed by atoms with E-state index in [1.807, 2.05) is 0 Å². The Kier molecular flexibility index (Phi) is 7.48. The van der Waals surface area contributed by atoms with Gasteiger partial charge < -0.3 is 19.9 Å². The molecule has 0 fully saturated rings. The molecule has 0 spiro atoms. The van der Waals surface area contributed by atoms with Gasteiger partial charge in [0.25, 0.3) is 5.91 Å². The summed E-state index contributed by atoms with van der Waals surface area (Å²) < 4.78 is 67.6. The molecule has 10 nitrogen and oxygen atoms in total. The van der Waals surface area contributed by atoms with Gasteiger partial charge in [0.05, 0.1) is 23.2 Å². The molecule has 48 heavy (non-hydrogen) atoms. The second-order valence-electron chi connectivity index (χ2n) is 10.9. The molecule has 3 N–H and O–H groups in total. The van der Waals surface area contributed by atoms with Gasteiger partial charge in [0, 0.05) is 53.2 Å². The van der Waals surface area contributed by atoms with Gasteiger partial charge in [-0.2, -0.15) is 0 Å². The molecule has 0 saturated carbocycles. The second-order valence-corrected chi connectivity index (χ2v) is 13.8. The van der Waals surface area contributed by atoms with Gasteiger partial charge in [-0.15, -0.1) is 11.3 Å². The molecule has 14 heteroatoms. The molecule has 1 amide bonds. The fourth-order valence-electron chi connectivity index (χ4n) is 5.51. The van der Waals surface area contributed by atoms with E-state index >= 15 is 0 Å². The minimum Gasteiger partial charge on any atom is -0.455 e. The van der Waals surface area contributed by atoms with E-state index in [2.05, 4.69) is 15.3 Å². The van der Waals surface area contributed by atoms with Crippen LogP contribution in [0.1, 0.15) is 10.4 Å². The Labute approximate surface area is 276 Å². The minimum atomic E-state index is -3.79. The van der Waals surface area contributed by atoms with E-state index in [0.717, 1.165) is 10.6 Å². The molecular weight excluding hydrogens is 661 g/mol. The van der Waals surface area contributed by atoms with Gasteiger partial charge in [0.15, 0.2) is 16.5 Å². The lowest BCUT2D eigenvalue weighted by molar-refractivity contribution is 0.0964. The van der Waals surface area contributed by atoms with Gasteiger partial charge in [-0.3, -0.25) is 9.10 Å². The Hall–Kier alpha value is -5.60. The Bertz CT molecular complexity index is 2510. The highest BCUT2D eigenvalue weighted by atomic mass is 32.2. The molecule has 242 valence electrons. The fraction of sp³-hybridized carbons (Fsp3) is 0.0882. The van der Waals surface area contributed by atoms with Crippen molar-refractivity contribution in [2.45, 2.75) is 0 Å². The number of halogens is 2. The van der Waals surface area contributed by atoms with E-state index in [4.69, 9.17) is 14.6 Å². The van der Waals surface area contributed by atoms with Crippen molar-refractivity contribution in [2.75, 3.05) is 30.4 Å². The average Bonchev–Trinajstić information content (AvgIpc) is 3.80. The summed E-state index contributed by atoms with van der Waals surface area (Å²) in [5.74, 6) is -1.20. The first-order valence-electron chi connectivity index (χ1n) is 14.4. The average molecular weight is 686 g/mol. The molecule has 0 aliphatic heterocycles. The highest BCUT2D eigenvalue weighted by Gasteiger charge is 2.27. The van der Waals surface area contributed by atoms with Crippen molar-refractivity contribution < 1.29 is 30.8 Å². The summed E-state index contributed by atoms with van der Waals surface area (Å²) in [7, 11) is -0.916. The number of aromatic nitrogens is 2. The van der Waals surface area contributed by atoms with Crippen molar-refractivity contribution in [3.05, 3.63) is 95.4 Å². The topological polar surface area (TPSA) is 145 Å². The van der Waals surface area contributed by atoms with Crippen LogP contribution in [-0.2, 0) is 10.0 Å². The second kappa shape index (κ2) is 11.6. The van der Waals surface area contributed by atoms with Crippen LogP contribution >= 0.6 is 11.3 Å². The van der Waals surface area contributed by atoms with Crippen molar-refractivity contribution in [1.82, 2.24) is 15.3 Å². The number of furan rings is 1. The summed E-state index contributed by atoms with van der Waals surface area (Å²) in [5.41, 5.74) is 9.82. The molecule has 0 unspecified atom stereocenters. The van der Waals surface area contributed by atoms with Gasteiger partial charge in [-0.05, 0) is 54.1 Å². The highest BCUT2D eigenvalue weighted by Crippen LogP contribution is 2.44. The number of anilines is 2. The molecule has 3 heterocycles. The molecule has 4 aromatic carbocycles. The zero-order valence-electron chi connectivity index (χ0n) is 25.5. The number of benzene rings is 4. The van der Waals surface area contributed by atoms with Crippen LogP contribution < -0.4 is 15.4 Å². The zero-order valence-corrected chi connectivity index (χ0v) is 27.2. The van der Waals surface area contributed by atoms with Crippen LogP contribution in [-0.4, -0.2) is 44.6 Å². The van der Waals surface area contributed by atoms with Gasteiger partial charge in [-0.25, -0.2) is 27.2 Å². The molecule has 0 bridgehead atoms. The largest absolute Gasteiger partial charge is 0.455 e. The molecule has 7 rings (SSSR count). The first kappa shape index (κ1) is 31.0. The third kappa shape index (κ3) is 5.34. The molecule has 7 aromatic rings. The summed E-state index contributed by atoms with van der Waals surface area (Å²) in [6.07, 6.45) is 1.07. The monoisotopic (exact) mass is 685 g/mol. The van der Waals surface area contributed by atoms with E-state index in [0.29, 0.717) is 44.0 Å². The van der Waals surface area contributed by atoms with Crippen LogP contribution in [0.5, 0.6) is 0 Å². The number of nitrogens with one attached hydrogen (secondary N) is 1. The van der Waals surface area contributed by atoms with Crippen LogP contribution in [0.25, 0.3) is 67.2 Å². The number of carbonyl (C=O) groups excluding carboxylic acids is 1. The van der Waals surface area contributed by atoms with Gasteiger partial charge in [0.2, 0.25) is 15.9 Å². The molecule has 3 aromatic heterocycles. The lowest BCUT2D eigenvalue weighted by atomic mass is 9.94. The van der Waals surface area contributed by atoms with Crippen LogP contribution in [0, 0.1) is 11.6 Å². The predicted octanol–water partition coefficient (Wildman–Crippen LogP) is 7.31. The van der Waals surface area contributed by atoms with E-state index in [1.54, 1.807) is 35.7 Å². The Morgan fingerprint density at radius 3 is 2.33 bits per heavy atom. The lowest BCUT2D eigenvalue weighted by Gasteiger charge is -2.21. The number of para-hydroxylation sites is 1. The highest BCUT2D eigenvalue weighted by molar-refractivity contribution is 7.92. The number of amides is 1. The van der Waals surface area contributed by atoms with Crippen LogP contribution in [0.3, 0.4) is 0 Å². The number of oxazole rings is 1. The predicted molar refractivity (Wildman–Crippen MR) is 182 cm³/mol. The van der Waals surface area contributed by atoms with E-state index in [-0.39, 0.29) is 39.6 Å². The summed E-state index contributed by atoms with van der Waals surface area (Å²) in [6.45, 7) is 0. The smallest absolute Gasteiger partial charge is 0.255 e. The first-order valence-corrected chi connectivity index (χ1v) is 17.1. The summed E-state index contributed by atoms with van der Waals surface area (Å²) >= 11 is 1.24. The maximum atomic E-state index is 14.7. The van der Waals surface area contributed by atoms with Crippen LogP contribution in [0.4, 0.5) is 19.6 Å². The standard InChI is InChI=1S/C34H25F2N5O5S2/c1-38-32(42)29-23-14-21(26(41(2)48(3,43)44)15-28(23)45-31(29)17-7-10-19(35)11-8-17)18-9-12-20(25-16-47-34(37)39-25)22(13-18)33-40-30-24(36)5-4-6-27(30)46-33/h4-16H,1-3H3,(H2,37,39)(H,38,42). The summed E-state index contributed by atoms with van der Waals surface area (Å²) in [4.78, 5) is 22.2. The van der Waals surface area contributed by atoms with Gasteiger partial charge >= 0.3 is 0 Å². The number of nitrogen functional groups attached to an aromatic ring is 1. The van der Waals surface area contributed by atoms with Crippen molar-refractivity contribution >= 4 is 60.2 Å². The molecule has 0 atom stereocenters. The molecule has 0 radical (unpaired) electrons. The van der Waals surface area contributed by atoms with Crippen LogP contribution in [0.2, 0.25) is 0 Å². The van der Waals surface area contributed by atoms with Crippen LogP contribution in [0.15, 0.2) is 87.0 Å². The third-order valence-electron chi connectivity index (χ3n) is 7.93. The minimum absolute atomic E-state index is 0.0440. The Morgan fingerprint density at radius 2 is 1.67 bits per heavy atom. The van der Waals surface area contributed by atoms with Crippen molar-refractivity contribution in [3.63, 3.8) is 0 Å². The maximum absolute atomic E-state index is 14.7.